The molecule has 0 aliphatic heterocycles. The van der Waals surface area contributed by atoms with Crippen LogP contribution in [0.3, 0.4) is 0 Å². The highest BCUT2D eigenvalue weighted by atomic mass is 16.3. The van der Waals surface area contributed by atoms with E-state index in [0.717, 1.165) is 11.1 Å². The fraction of sp³-hybridized carbons (Fsp3) is 0.500. The number of aromatic hydroxyl groups is 2. The van der Waals surface area contributed by atoms with Gasteiger partial charge in [-0.05, 0) is 12.1 Å². The van der Waals surface area contributed by atoms with Gasteiger partial charge in [0, 0.05) is 22.0 Å². The molecule has 0 bridgehead atoms. The predicted molar refractivity (Wildman–Crippen MR) is 55.8 cm³/mol. The SMILES string of the molecule is CC1(C)c2c(O)ccc(O)c2C1(C)C. The molecule has 14 heavy (non-hydrogen) atoms. The van der Waals surface area contributed by atoms with E-state index in [9.17, 15) is 10.2 Å². The van der Waals surface area contributed by atoms with Crippen molar-refractivity contribution in [3.63, 3.8) is 0 Å². The highest BCUT2D eigenvalue weighted by Crippen LogP contribution is 2.61. The summed E-state index contributed by atoms with van der Waals surface area (Å²) in [5.74, 6) is 0.587. The molecule has 1 aliphatic rings. The van der Waals surface area contributed by atoms with Crippen LogP contribution in [-0.4, -0.2) is 10.2 Å². The number of phenols is 2. The van der Waals surface area contributed by atoms with E-state index in [1.54, 1.807) is 12.1 Å². The molecular formula is C12H16O2. The summed E-state index contributed by atoms with van der Waals surface area (Å²) < 4.78 is 0. The summed E-state index contributed by atoms with van der Waals surface area (Å²) in [6, 6.07) is 3.12. The zero-order chi connectivity index (χ0) is 10.7. The van der Waals surface area contributed by atoms with E-state index in [4.69, 9.17) is 0 Å². The van der Waals surface area contributed by atoms with E-state index in [1.165, 1.54) is 0 Å². The van der Waals surface area contributed by atoms with E-state index in [1.807, 2.05) is 0 Å². The van der Waals surface area contributed by atoms with E-state index in [0.29, 0.717) is 11.5 Å². The van der Waals surface area contributed by atoms with Gasteiger partial charge in [-0.25, -0.2) is 0 Å². The highest BCUT2D eigenvalue weighted by molar-refractivity contribution is 5.64. The lowest BCUT2D eigenvalue weighted by Crippen LogP contribution is -2.50. The Hall–Kier alpha value is -1.18. The van der Waals surface area contributed by atoms with Crippen LogP contribution in [0.1, 0.15) is 38.8 Å². The van der Waals surface area contributed by atoms with Crippen LogP contribution in [0.2, 0.25) is 0 Å². The molecule has 2 rings (SSSR count). The summed E-state index contributed by atoms with van der Waals surface area (Å²) in [6.45, 7) is 8.37. The Balaban J connectivity index is 2.77. The van der Waals surface area contributed by atoms with Crippen LogP contribution in [0.15, 0.2) is 12.1 Å². The van der Waals surface area contributed by atoms with Crippen molar-refractivity contribution in [2.45, 2.75) is 38.5 Å². The Kier molecular flexibility index (Phi) is 1.50. The van der Waals surface area contributed by atoms with Crippen LogP contribution < -0.4 is 0 Å². The van der Waals surface area contributed by atoms with Gasteiger partial charge in [-0.3, -0.25) is 0 Å². The standard InChI is InChI=1S/C12H16O2/c1-11(2)9-7(13)5-6-8(14)10(9)12(11,3)4/h5-6,13-14H,1-4H3. The number of phenolic OH excluding ortho intramolecular Hbond substituents is 2. The van der Waals surface area contributed by atoms with Crippen molar-refractivity contribution in [1.29, 1.82) is 0 Å². The van der Waals surface area contributed by atoms with Gasteiger partial charge in [-0.1, -0.05) is 27.7 Å². The summed E-state index contributed by atoms with van der Waals surface area (Å²) in [7, 11) is 0. The van der Waals surface area contributed by atoms with Gasteiger partial charge in [0.2, 0.25) is 0 Å². The second-order valence-electron chi connectivity index (χ2n) is 5.10. The molecule has 1 aromatic carbocycles. The van der Waals surface area contributed by atoms with Crippen molar-refractivity contribution in [2.24, 2.45) is 0 Å². The largest absolute Gasteiger partial charge is 0.508 e. The molecule has 0 saturated carbocycles. The van der Waals surface area contributed by atoms with E-state index >= 15 is 0 Å². The number of fused-ring (bicyclic) bond motifs is 1. The number of hydrogen-bond donors (Lipinski definition) is 2. The zero-order valence-corrected chi connectivity index (χ0v) is 9.05. The summed E-state index contributed by atoms with van der Waals surface area (Å²) in [6.07, 6.45) is 0. The first-order valence-electron chi connectivity index (χ1n) is 4.86. The van der Waals surface area contributed by atoms with E-state index in [-0.39, 0.29) is 10.8 Å². The predicted octanol–water partition coefficient (Wildman–Crippen LogP) is 2.67. The monoisotopic (exact) mass is 192 g/mol. The van der Waals surface area contributed by atoms with Crippen molar-refractivity contribution < 1.29 is 10.2 Å². The zero-order valence-electron chi connectivity index (χ0n) is 9.05. The number of rotatable bonds is 0. The van der Waals surface area contributed by atoms with E-state index in [2.05, 4.69) is 27.7 Å². The third-order valence-corrected chi connectivity index (χ3v) is 3.97. The van der Waals surface area contributed by atoms with Gasteiger partial charge in [-0.15, -0.1) is 0 Å². The fourth-order valence-electron chi connectivity index (χ4n) is 2.41. The van der Waals surface area contributed by atoms with Crippen LogP contribution in [0.5, 0.6) is 11.5 Å². The van der Waals surface area contributed by atoms with Gasteiger partial charge >= 0.3 is 0 Å². The van der Waals surface area contributed by atoms with Gasteiger partial charge in [0.15, 0.2) is 0 Å². The van der Waals surface area contributed by atoms with E-state index < -0.39 is 0 Å². The molecule has 0 aromatic heterocycles. The Bertz CT molecular complexity index is 364. The smallest absolute Gasteiger partial charge is 0.119 e. The third-order valence-electron chi connectivity index (χ3n) is 3.97. The highest BCUT2D eigenvalue weighted by Gasteiger charge is 2.54. The second-order valence-corrected chi connectivity index (χ2v) is 5.10. The Morgan fingerprint density at radius 1 is 0.786 bits per heavy atom. The Labute approximate surface area is 84.2 Å². The van der Waals surface area contributed by atoms with Gasteiger partial charge in [0.1, 0.15) is 11.5 Å². The lowest BCUT2D eigenvalue weighted by molar-refractivity contribution is 0.221. The van der Waals surface area contributed by atoms with Crippen LogP contribution in [0.4, 0.5) is 0 Å². The summed E-state index contributed by atoms with van der Waals surface area (Å²) >= 11 is 0. The Morgan fingerprint density at radius 3 is 1.36 bits per heavy atom. The molecule has 2 N–H and O–H groups in total. The molecule has 2 nitrogen and oxygen atoms in total. The van der Waals surface area contributed by atoms with Crippen LogP contribution in [-0.2, 0) is 10.8 Å². The normalized spacial score (nSPS) is 21.1. The minimum absolute atomic E-state index is 0.0782. The molecular weight excluding hydrogens is 176 g/mol. The molecule has 76 valence electrons. The lowest BCUT2D eigenvalue weighted by atomic mass is 9.49. The van der Waals surface area contributed by atoms with Gasteiger partial charge in [0.25, 0.3) is 0 Å². The average molecular weight is 192 g/mol. The number of benzene rings is 1. The summed E-state index contributed by atoms with van der Waals surface area (Å²) in [4.78, 5) is 0. The first kappa shape index (κ1) is 9.38. The first-order valence-corrected chi connectivity index (χ1v) is 4.86. The lowest BCUT2D eigenvalue weighted by Gasteiger charge is -2.54. The minimum Gasteiger partial charge on any atom is -0.508 e. The minimum atomic E-state index is -0.0782. The Morgan fingerprint density at radius 2 is 1.07 bits per heavy atom. The molecule has 1 aliphatic carbocycles. The number of hydrogen-bond acceptors (Lipinski definition) is 2. The third kappa shape index (κ3) is 0.770. The molecule has 0 amide bonds. The molecule has 0 atom stereocenters. The van der Waals surface area contributed by atoms with Gasteiger partial charge < -0.3 is 10.2 Å². The van der Waals surface area contributed by atoms with Gasteiger partial charge in [-0.2, -0.15) is 0 Å². The molecule has 0 heterocycles. The van der Waals surface area contributed by atoms with Crippen molar-refractivity contribution in [3.8, 4) is 11.5 Å². The summed E-state index contributed by atoms with van der Waals surface area (Å²) in [5.41, 5.74) is 1.63. The molecule has 1 aromatic rings. The molecule has 0 spiro atoms. The maximum Gasteiger partial charge on any atom is 0.119 e. The maximum absolute atomic E-state index is 9.73. The van der Waals surface area contributed by atoms with Crippen molar-refractivity contribution in [1.82, 2.24) is 0 Å². The van der Waals surface area contributed by atoms with Crippen LogP contribution >= 0.6 is 0 Å². The van der Waals surface area contributed by atoms with Crippen LogP contribution in [0.25, 0.3) is 0 Å². The second kappa shape index (κ2) is 2.25. The molecule has 0 unspecified atom stereocenters. The maximum atomic E-state index is 9.73. The average Bonchev–Trinajstić information content (AvgIpc) is 2.07. The van der Waals surface area contributed by atoms with Crippen molar-refractivity contribution in [2.75, 3.05) is 0 Å². The topological polar surface area (TPSA) is 40.5 Å². The molecule has 0 saturated heterocycles. The van der Waals surface area contributed by atoms with Crippen LogP contribution in [0, 0.1) is 0 Å². The van der Waals surface area contributed by atoms with Crippen molar-refractivity contribution in [3.05, 3.63) is 23.3 Å². The van der Waals surface area contributed by atoms with Gasteiger partial charge in [0.05, 0.1) is 0 Å². The quantitative estimate of drug-likeness (QED) is 0.620. The molecule has 0 radical (unpaired) electrons. The molecule has 0 fully saturated rings. The summed E-state index contributed by atoms with van der Waals surface area (Å²) in [5, 5.41) is 19.5. The fourth-order valence-corrected chi connectivity index (χ4v) is 2.41. The molecule has 2 heteroatoms. The van der Waals surface area contributed by atoms with Crippen molar-refractivity contribution >= 4 is 0 Å². The first-order chi connectivity index (χ1) is 6.30.